The van der Waals surface area contributed by atoms with Crippen molar-refractivity contribution in [3.8, 4) is 0 Å². The van der Waals surface area contributed by atoms with Gasteiger partial charge in [0.15, 0.2) is 0 Å². The number of anilines is 1. The number of rotatable bonds is 4. The summed E-state index contributed by atoms with van der Waals surface area (Å²) in [5, 5.41) is 7.67. The quantitative estimate of drug-likeness (QED) is 0.812. The van der Waals surface area contributed by atoms with Crippen LogP contribution in [-0.4, -0.2) is 19.1 Å². The average Bonchev–Trinajstić information content (AvgIpc) is 2.48. The SMILES string of the molecule is CNC(C)(C)CNc1ccc(Cl)s1. The minimum atomic E-state index is 0.108. The van der Waals surface area contributed by atoms with Gasteiger partial charge in [-0.1, -0.05) is 11.6 Å². The maximum Gasteiger partial charge on any atom is 0.0950 e. The van der Waals surface area contributed by atoms with Crippen molar-refractivity contribution >= 4 is 27.9 Å². The van der Waals surface area contributed by atoms with Crippen LogP contribution in [0.5, 0.6) is 0 Å². The molecular formula is C9H15ClN2S. The van der Waals surface area contributed by atoms with Crippen LogP contribution in [0, 0.1) is 0 Å². The molecule has 0 radical (unpaired) electrons. The molecule has 0 bridgehead atoms. The fourth-order valence-corrected chi connectivity index (χ4v) is 1.74. The van der Waals surface area contributed by atoms with Gasteiger partial charge in [0.25, 0.3) is 0 Å². The van der Waals surface area contributed by atoms with Crippen molar-refractivity contribution in [2.45, 2.75) is 19.4 Å². The standard InChI is InChI=1S/C9H15ClN2S/c1-9(2,11-3)6-12-8-5-4-7(10)13-8/h4-5,11-12H,6H2,1-3H3. The Morgan fingerprint density at radius 2 is 2.15 bits per heavy atom. The Morgan fingerprint density at radius 1 is 1.46 bits per heavy atom. The van der Waals surface area contributed by atoms with E-state index >= 15 is 0 Å². The molecule has 1 aromatic rings. The largest absolute Gasteiger partial charge is 0.375 e. The van der Waals surface area contributed by atoms with Gasteiger partial charge < -0.3 is 10.6 Å². The van der Waals surface area contributed by atoms with Crippen LogP contribution >= 0.6 is 22.9 Å². The normalized spacial score (nSPS) is 11.7. The third-order valence-corrected chi connectivity index (χ3v) is 3.14. The molecule has 4 heteroatoms. The van der Waals surface area contributed by atoms with Crippen molar-refractivity contribution in [3.63, 3.8) is 0 Å². The van der Waals surface area contributed by atoms with Gasteiger partial charge in [-0.05, 0) is 33.0 Å². The van der Waals surface area contributed by atoms with Gasteiger partial charge in [0.2, 0.25) is 0 Å². The molecule has 0 aliphatic heterocycles. The molecule has 0 amide bonds. The molecule has 1 rings (SSSR count). The first-order chi connectivity index (χ1) is 6.03. The molecule has 0 saturated carbocycles. The van der Waals surface area contributed by atoms with E-state index in [0.29, 0.717) is 0 Å². The van der Waals surface area contributed by atoms with Crippen LogP contribution in [-0.2, 0) is 0 Å². The molecule has 1 heterocycles. The summed E-state index contributed by atoms with van der Waals surface area (Å²) in [4.78, 5) is 0. The first-order valence-corrected chi connectivity index (χ1v) is 5.41. The molecule has 0 aromatic carbocycles. The maximum absolute atomic E-state index is 5.81. The highest BCUT2D eigenvalue weighted by Crippen LogP contribution is 2.26. The zero-order valence-corrected chi connectivity index (χ0v) is 9.72. The highest BCUT2D eigenvalue weighted by atomic mass is 35.5. The summed E-state index contributed by atoms with van der Waals surface area (Å²) >= 11 is 7.37. The lowest BCUT2D eigenvalue weighted by atomic mass is 10.1. The van der Waals surface area contributed by atoms with E-state index < -0.39 is 0 Å². The van der Waals surface area contributed by atoms with Gasteiger partial charge in [-0.15, -0.1) is 11.3 Å². The minimum Gasteiger partial charge on any atom is -0.375 e. The van der Waals surface area contributed by atoms with Crippen molar-refractivity contribution in [1.29, 1.82) is 0 Å². The maximum atomic E-state index is 5.81. The van der Waals surface area contributed by atoms with E-state index in [4.69, 9.17) is 11.6 Å². The number of hydrogen-bond acceptors (Lipinski definition) is 3. The first-order valence-electron chi connectivity index (χ1n) is 4.22. The topological polar surface area (TPSA) is 24.1 Å². The Labute approximate surface area is 88.3 Å². The van der Waals surface area contributed by atoms with Gasteiger partial charge in [-0.2, -0.15) is 0 Å². The minimum absolute atomic E-state index is 0.108. The lowest BCUT2D eigenvalue weighted by Crippen LogP contribution is -2.42. The Bertz CT molecular complexity index is 270. The Balaban J connectivity index is 2.43. The molecule has 74 valence electrons. The predicted molar refractivity (Wildman–Crippen MR) is 61.0 cm³/mol. The number of thiophene rings is 1. The monoisotopic (exact) mass is 218 g/mol. The molecule has 1 aromatic heterocycles. The zero-order valence-electron chi connectivity index (χ0n) is 8.15. The van der Waals surface area contributed by atoms with Gasteiger partial charge in [0.1, 0.15) is 0 Å². The molecule has 0 saturated heterocycles. The molecule has 0 aliphatic carbocycles. The highest BCUT2D eigenvalue weighted by Gasteiger charge is 2.13. The van der Waals surface area contributed by atoms with Gasteiger partial charge in [0.05, 0.1) is 9.34 Å². The van der Waals surface area contributed by atoms with Gasteiger partial charge >= 0.3 is 0 Å². The van der Waals surface area contributed by atoms with Crippen molar-refractivity contribution in [2.75, 3.05) is 18.9 Å². The Kier molecular flexibility index (Phi) is 3.59. The van der Waals surface area contributed by atoms with E-state index in [1.165, 1.54) is 0 Å². The van der Waals surface area contributed by atoms with E-state index in [2.05, 4.69) is 24.5 Å². The smallest absolute Gasteiger partial charge is 0.0950 e. The summed E-state index contributed by atoms with van der Waals surface area (Å²) in [6.45, 7) is 5.19. The zero-order chi connectivity index (χ0) is 9.90. The molecule has 0 atom stereocenters. The molecule has 2 N–H and O–H groups in total. The predicted octanol–water partition coefficient (Wildman–Crippen LogP) is 2.81. The van der Waals surface area contributed by atoms with Crippen molar-refractivity contribution in [2.24, 2.45) is 0 Å². The molecule has 0 aliphatic rings. The fraction of sp³-hybridized carbons (Fsp3) is 0.556. The van der Waals surface area contributed by atoms with E-state index in [9.17, 15) is 0 Å². The Hall–Kier alpha value is -0.250. The molecule has 0 unspecified atom stereocenters. The van der Waals surface area contributed by atoms with Crippen molar-refractivity contribution < 1.29 is 0 Å². The van der Waals surface area contributed by atoms with Gasteiger partial charge in [-0.3, -0.25) is 0 Å². The Morgan fingerprint density at radius 3 is 2.62 bits per heavy atom. The summed E-state index contributed by atoms with van der Waals surface area (Å²) in [7, 11) is 1.96. The van der Waals surface area contributed by atoms with Crippen molar-refractivity contribution in [1.82, 2.24) is 5.32 Å². The highest BCUT2D eigenvalue weighted by molar-refractivity contribution is 7.19. The van der Waals surface area contributed by atoms with Crippen LogP contribution < -0.4 is 10.6 Å². The second kappa shape index (κ2) is 4.31. The molecular weight excluding hydrogens is 204 g/mol. The number of nitrogens with one attached hydrogen (secondary N) is 2. The summed E-state index contributed by atoms with van der Waals surface area (Å²) in [5.41, 5.74) is 0.108. The van der Waals surface area contributed by atoms with Gasteiger partial charge in [-0.25, -0.2) is 0 Å². The first kappa shape index (κ1) is 10.8. The lowest BCUT2D eigenvalue weighted by molar-refractivity contribution is 0.448. The number of hydrogen-bond donors (Lipinski definition) is 2. The average molecular weight is 219 g/mol. The lowest BCUT2D eigenvalue weighted by Gasteiger charge is -2.24. The van der Waals surface area contributed by atoms with Crippen LogP contribution in [0.25, 0.3) is 0 Å². The molecule has 0 fully saturated rings. The van der Waals surface area contributed by atoms with E-state index in [1.54, 1.807) is 11.3 Å². The van der Waals surface area contributed by atoms with E-state index in [0.717, 1.165) is 15.9 Å². The number of halogens is 1. The van der Waals surface area contributed by atoms with E-state index in [-0.39, 0.29) is 5.54 Å². The third-order valence-electron chi connectivity index (χ3n) is 1.95. The third kappa shape index (κ3) is 3.55. The van der Waals surface area contributed by atoms with Crippen LogP contribution in [0.1, 0.15) is 13.8 Å². The van der Waals surface area contributed by atoms with Crippen LogP contribution in [0.3, 0.4) is 0 Å². The fourth-order valence-electron chi connectivity index (χ4n) is 0.806. The number of likely N-dealkylation sites (N-methyl/N-ethyl adjacent to an activating group) is 1. The summed E-state index contributed by atoms with van der Waals surface area (Å²) in [6.07, 6.45) is 0. The summed E-state index contributed by atoms with van der Waals surface area (Å²) in [6, 6.07) is 3.90. The van der Waals surface area contributed by atoms with Crippen LogP contribution in [0.4, 0.5) is 5.00 Å². The molecule has 2 nitrogen and oxygen atoms in total. The summed E-state index contributed by atoms with van der Waals surface area (Å²) in [5.74, 6) is 0. The summed E-state index contributed by atoms with van der Waals surface area (Å²) < 4.78 is 0.824. The van der Waals surface area contributed by atoms with Gasteiger partial charge in [0, 0.05) is 12.1 Å². The van der Waals surface area contributed by atoms with Crippen LogP contribution in [0.15, 0.2) is 12.1 Å². The second-order valence-electron chi connectivity index (χ2n) is 3.59. The molecule has 13 heavy (non-hydrogen) atoms. The second-order valence-corrected chi connectivity index (χ2v) is 5.31. The van der Waals surface area contributed by atoms with Crippen molar-refractivity contribution in [3.05, 3.63) is 16.5 Å². The van der Waals surface area contributed by atoms with E-state index in [1.807, 2.05) is 19.2 Å². The molecule has 0 spiro atoms. The van der Waals surface area contributed by atoms with Crippen LogP contribution in [0.2, 0.25) is 4.34 Å².